The summed E-state index contributed by atoms with van der Waals surface area (Å²) >= 11 is 0. The van der Waals surface area contributed by atoms with Gasteiger partial charge in [-0.25, -0.2) is 20.0 Å². The van der Waals surface area contributed by atoms with Crippen LogP contribution in [-0.2, 0) is 32.5 Å². The zero-order valence-corrected chi connectivity index (χ0v) is 43.2. The molecule has 0 spiro atoms. The minimum Gasteiger partial charge on any atom is -0.248 e. The number of benzene rings is 3. The number of rotatable bonds is 3. The third kappa shape index (κ3) is 9.44. The van der Waals surface area contributed by atoms with Crippen LogP contribution in [0.5, 0.6) is 0 Å². The maximum absolute atomic E-state index is 5.67. The number of allylic oxidation sites excluding steroid dienone is 12. The molecule has 66 heavy (non-hydrogen) atoms. The van der Waals surface area contributed by atoms with Gasteiger partial charge in [0, 0.05) is 16.7 Å². The first-order valence-corrected chi connectivity index (χ1v) is 24.0. The van der Waals surface area contributed by atoms with Crippen molar-refractivity contribution in [2.75, 3.05) is 0 Å². The Morgan fingerprint density at radius 2 is 0.545 bits per heavy atom. The first kappa shape index (κ1) is 46.8. The molecule has 0 saturated carbocycles. The summed E-state index contributed by atoms with van der Waals surface area (Å²) < 4.78 is 0. The highest BCUT2D eigenvalue weighted by atomic mass is 14.9. The van der Waals surface area contributed by atoms with Gasteiger partial charge in [0.15, 0.2) is 0 Å². The number of hydrogen-bond donors (Lipinski definition) is 0. The van der Waals surface area contributed by atoms with Crippen LogP contribution in [0.2, 0.25) is 0 Å². The van der Waals surface area contributed by atoms with Crippen LogP contribution in [0.1, 0.15) is 175 Å². The summed E-state index contributed by atoms with van der Waals surface area (Å²) in [6.07, 6.45) is 19.4. The van der Waals surface area contributed by atoms with Gasteiger partial charge in [0.05, 0.1) is 45.6 Å². The standard InChI is InChI=1S/C62H72N4/c1-57(2,3)40-27-37(28-41(33-40)58(4,5)6)54-48-21-19-46(63-48)36-47-20-22-49(64-47)55(38-29-42(59(7,8)9)34-43(30-38)60(10,11)12)51-24-26-53(66-51)56(52-25-23-50(54)65-52)39-31-44(61(13,14)15)35-45(32-39)62(16,17)18/h19-36H,1-18H3. The lowest BCUT2D eigenvalue weighted by atomic mass is 9.78. The van der Waals surface area contributed by atoms with Gasteiger partial charge in [-0.1, -0.05) is 179 Å². The molecule has 4 heteroatoms. The fourth-order valence-corrected chi connectivity index (χ4v) is 8.82. The Kier molecular flexibility index (Phi) is 11.3. The van der Waals surface area contributed by atoms with Crippen LogP contribution in [0.3, 0.4) is 0 Å². The fourth-order valence-electron chi connectivity index (χ4n) is 8.82. The van der Waals surface area contributed by atoms with Crippen molar-refractivity contribution in [1.82, 2.24) is 0 Å². The lowest BCUT2D eigenvalue weighted by Crippen LogP contribution is -2.17. The molecule has 0 aliphatic carbocycles. The number of aliphatic imine (C=N–C) groups is 4. The van der Waals surface area contributed by atoms with E-state index in [2.05, 4.69) is 234 Å². The van der Waals surface area contributed by atoms with Crippen molar-refractivity contribution >= 4 is 39.6 Å². The maximum atomic E-state index is 5.67. The van der Waals surface area contributed by atoms with Crippen molar-refractivity contribution < 1.29 is 0 Å². The molecule has 0 amide bonds. The Morgan fingerprint density at radius 1 is 0.273 bits per heavy atom. The van der Waals surface area contributed by atoms with Crippen LogP contribution in [0.15, 0.2) is 152 Å². The summed E-state index contributed by atoms with van der Waals surface area (Å²) in [5.74, 6) is 0. The number of fused-ring (bicyclic) bond motifs is 4. The smallest absolute Gasteiger partial charge is 0.0738 e. The molecular weight excluding hydrogens is 801 g/mol. The molecule has 0 atom stereocenters. The normalized spacial score (nSPS) is 17.9. The van der Waals surface area contributed by atoms with E-state index >= 15 is 0 Å². The molecule has 8 bridgehead atoms. The second-order valence-corrected chi connectivity index (χ2v) is 25.1. The van der Waals surface area contributed by atoms with E-state index in [4.69, 9.17) is 20.0 Å². The molecule has 340 valence electrons. The van der Waals surface area contributed by atoms with Crippen molar-refractivity contribution in [3.63, 3.8) is 0 Å². The van der Waals surface area contributed by atoms with Gasteiger partial charge < -0.3 is 0 Å². The van der Waals surface area contributed by atoms with Crippen LogP contribution < -0.4 is 0 Å². The van der Waals surface area contributed by atoms with Gasteiger partial charge >= 0.3 is 0 Å². The molecule has 5 heterocycles. The Morgan fingerprint density at radius 3 is 0.864 bits per heavy atom. The van der Waals surface area contributed by atoms with E-state index in [9.17, 15) is 0 Å². The number of hydrogen-bond acceptors (Lipinski definition) is 4. The molecule has 0 radical (unpaired) electrons. The molecule has 0 aromatic heterocycles. The predicted molar refractivity (Wildman–Crippen MR) is 287 cm³/mol. The molecule has 5 aliphatic heterocycles. The maximum Gasteiger partial charge on any atom is 0.0738 e. The van der Waals surface area contributed by atoms with Gasteiger partial charge in [0.2, 0.25) is 0 Å². The monoisotopic (exact) mass is 873 g/mol. The van der Waals surface area contributed by atoms with E-state index in [1.54, 1.807) is 0 Å². The summed E-state index contributed by atoms with van der Waals surface area (Å²) in [4.78, 5) is 22.1. The minimum absolute atomic E-state index is 0.0672. The van der Waals surface area contributed by atoms with Crippen LogP contribution in [0.4, 0.5) is 0 Å². The van der Waals surface area contributed by atoms with Gasteiger partial charge in [-0.2, -0.15) is 0 Å². The minimum atomic E-state index is -0.0863. The van der Waals surface area contributed by atoms with Gasteiger partial charge in [-0.3, -0.25) is 0 Å². The molecular formula is C62H72N4. The number of nitrogens with zero attached hydrogens (tertiary/aromatic N) is 4. The van der Waals surface area contributed by atoms with E-state index in [1.165, 1.54) is 33.4 Å². The van der Waals surface area contributed by atoms with Gasteiger partial charge in [-0.05, 0) is 137 Å². The van der Waals surface area contributed by atoms with Gasteiger partial charge in [0.1, 0.15) is 0 Å². The average molecular weight is 873 g/mol. The van der Waals surface area contributed by atoms with Crippen molar-refractivity contribution in [2.24, 2.45) is 20.0 Å². The third-order valence-corrected chi connectivity index (χ3v) is 13.3. The van der Waals surface area contributed by atoms with Crippen molar-refractivity contribution in [2.45, 2.75) is 157 Å². The summed E-state index contributed by atoms with van der Waals surface area (Å²) in [5, 5.41) is 0. The van der Waals surface area contributed by atoms with E-state index in [-0.39, 0.29) is 32.5 Å². The summed E-state index contributed by atoms with van der Waals surface area (Å²) in [6.45, 7) is 41.4. The Hall–Kier alpha value is -5.74. The highest BCUT2D eigenvalue weighted by Crippen LogP contribution is 2.42. The molecule has 5 aliphatic rings. The topological polar surface area (TPSA) is 49.4 Å². The Bertz CT molecular complexity index is 2790. The second kappa shape index (κ2) is 16.0. The summed E-state index contributed by atoms with van der Waals surface area (Å²) in [5.41, 5.74) is 20.6. The molecule has 0 saturated heterocycles. The van der Waals surface area contributed by atoms with Crippen molar-refractivity contribution in [1.29, 1.82) is 0 Å². The summed E-state index contributed by atoms with van der Waals surface area (Å²) in [6, 6.07) is 21.3. The molecule has 3 aromatic carbocycles. The van der Waals surface area contributed by atoms with E-state index in [0.717, 1.165) is 79.0 Å². The largest absolute Gasteiger partial charge is 0.248 e. The highest BCUT2D eigenvalue weighted by Gasteiger charge is 2.31. The predicted octanol–water partition coefficient (Wildman–Crippen LogP) is 15.9. The lowest BCUT2D eigenvalue weighted by molar-refractivity contribution is 0.567. The Labute approximate surface area is 397 Å². The highest BCUT2D eigenvalue weighted by molar-refractivity contribution is 6.37. The first-order valence-electron chi connectivity index (χ1n) is 24.0. The summed E-state index contributed by atoms with van der Waals surface area (Å²) in [7, 11) is 0. The van der Waals surface area contributed by atoms with Crippen molar-refractivity contribution in [3.05, 3.63) is 182 Å². The van der Waals surface area contributed by atoms with Gasteiger partial charge in [-0.15, -0.1) is 0 Å². The van der Waals surface area contributed by atoms with E-state index < -0.39 is 0 Å². The van der Waals surface area contributed by atoms with Crippen molar-refractivity contribution in [3.8, 4) is 0 Å². The molecule has 4 nitrogen and oxygen atoms in total. The lowest BCUT2D eigenvalue weighted by Gasteiger charge is -2.27. The van der Waals surface area contributed by atoms with Crippen LogP contribution in [0.25, 0.3) is 16.7 Å². The van der Waals surface area contributed by atoms with Crippen LogP contribution >= 0.6 is 0 Å². The zero-order chi connectivity index (χ0) is 48.1. The van der Waals surface area contributed by atoms with Crippen LogP contribution in [-0.4, -0.2) is 22.8 Å². The van der Waals surface area contributed by atoms with Crippen LogP contribution in [0, 0.1) is 0 Å². The molecule has 3 aromatic rings. The van der Waals surface area contributed by atoms with E-state index in [1.807, 2.05) is 0 Å². The Balaban J connectivity index is 1.49. The quantitative estimate of drug-likeness (QED) is 0.252. The first-order chi connectivity index (χ1) is 30.4. The zero-order valence-electron chi connectivity index (χ0n) is 43.2. The van der Waals surface area contributed by atoms with E-state index in [0.29, 0.717) is 0 Å². The fraction of sp³-hybridized carbons (Fsp3) is 0.387. The molecule has 0 N–H and O–H groups in total. The second-order valence-electron chi connectivity index (χ2n) is 25.1. The SMILES string of the molecule is CC(C)(C)c1cc(C2=C3C=CC(=N3)C=C3C=CC(=N3)C(c3cc(C(C)(C)C)cc(C(C)(C)C)c3)=C3C=CC(=N3)C(c3cc(C(C)(C)C)cc(C(C)(C)C)c3)=C3C=CC2=N3)cc(C(C)(C)C)c1. The van der Waals surface area contributed by atoms with Gasteiger partial charge in [0.25, 0.3) is 0 Å². The third-order valence-electron chi connectivity index (χ3n) is 13.3. The molecule has 0 fully saturated rings. The average Bonchev–Trinajstić information content (AvgIpc) is 4.03. The molecule has 8 rings (SSSR count). The molecule has 0 unspecified atom stereocenters.